The molecule has 260 valence electrons. The quantitative estimate of drug-likeness (QED) is 0.281. The average molecular weight is 683 g/mol. The van der Waals surface area contributed by atoms with Crippen molar-refractivity contribution < 1.29 is 36.8 Å². The lowest BCUT2D eigenvalue weighted by Crippen LogP contribution is -2.58. The molecule has 3 N–H and O–H groups in total. The fourth-order valence-electron chi connectivity index (χ4n) is 5.89. The fraction of sp³-hybridized carbons (Fsp3) is 0.812. The van der Waals surface area contributed by atoms with Gasteiger partial charge in [-0.3, -0.25) is 19.1 Å². The summed E-state index contributed by atoms with van der Waals surface area (Å²) in [5.41, 5.74) is -2.20. The van der Waals surface area contributed by atoms with Crippen LogP contribution in [-0.2, 0) is 33.6 Å². The van der Waals surface area contributed by atoms with Gasteiger partial charge in [0.25, 0.3) is 5.91 Å². The van der Waals surface area contributed by atoms with Crippen LogP contribution in [-0.4, -0.2) is 86.6 Å². The van der Waals surface area contributed by atoms with Gasteiger partial charge in [0.05, 0.1) is 11.4 Å². The van der Waals surface area contributed by atoms with E-state index in [1.54, 1.807) is 20.8 Å². The van der Waals surface area contributed by atoms with E-state index in [9.17, 15) is 27.6 Å². The molecule has 1 unspecified atom stereocenters. The first-order valence-electron chi connectivity index (χ1n) is 16.7. The second-order valence-corrected chi connectivity index (χ2v) is 22.7. The highest BCUT2D eigenvalue weighted by molar-refractivity contribution is 7.91. The molecule has 0 spiro atoms. The smallest absolute Gasteiger partial charge is 0.408 e. The standard InChI is InChI=1S/C32H54N4O8SSi/c1-30(2,3)43-29(40)33-24-15-13-11-9-10-12-14-21-19-32(21,28(39)35-45(41,42)23-16-17-23)34-26(37)25-18-22(20-36(25)27(24)38)44-46(7,8)31(4,5)6/h12,14,21-25H,9-11,13,15-20H2,1-8H3,(H,33,40)(H,34,37)(H,35,39)/b14-12-/t21?,22-,24+,25+,32-/m1/s1. The molecule has 2 saturated carbocycles. The van der Waals surface area contributed by atoms with E-state index in [0.717, 1.165) is 19.3 Å². The van der Waals surface area contributed by atoms with E-state index >= 15 is 0 Å². The van der Waals surface area contributed by atoms with Crippen molar-refractivity contribution >= 4 is 42.2 Å². The first-order valence-corrected chi connectivity index (χ1v) is 21.1. The van der Waals surface area contributed by atoms with E-state index < -0.39 is 76.7 Å². The number of alkyl carbamates (subject to hydrolysis) is 1. The van der Waals surface area contributed by atoms with Crippen molar-refractivity contribution in [2.75, 3.05) is 6.54 Å². The molecule has 5 atom stereocenters. The summed E-state index contributed by atoms with van der Waals surface area (Å²) in [5.74, 6) is -2.08. The first-order chi connectivity index (χ1) is 21.2. The number of allylic oxidation sites excluding steroid dienone is 1. The number of nitrogens with zero attached hydrogens (tertiary/aromatic N) is 1. The summed E-state index contributed by atoms with van der Waals surface area (Å²) in [4.78, 5) is 56.3. The highest BCUT2D eigenvalue weighted by Gasteiger charge is 2.62. The van der Waals surface area contributed by atoms with Crippen molar-refractivity contribution in [3.8, 4) is 0 Å². The Kier molecular flexibility index (Phi) is 10.5. The number of hydrogen-bond acceptors (Lipinski definition) is 8. The van der Waals surface area contributed by atoms with E-state index in [2.05, 4.69) is 49.2 Å². The Labute approximate surface area is 275 Å². The van der Waals surface area contributed by atoms with Gasteiger partial charge in [-0.2, -0.15) is 0 Å². The highest BCUT2D eigenvalue weighted by Crippen LogP contribution is 2.46. The van der Waals surface area contributed by atoms with Crippen LogP contribution in [0.15, 0.2) is 12.2 Å². The number of nitrogens with one attached hydrogen (secondary N) is 3. The average Bonchev–Trinajstić information content (AvgIpc) is 3.82. The molecule has 0 radical (unpaired) electrons. The van der Waals surface area contributed by atoms with Crippen molar-refractivity contribution in [1.82, 2.24) is 20.3 Å². The number of rotatable bonds is 6. The molecule has 12 nitrogen and oxygen atoms in total. The molecule has 3 fully saturated rings. The minimum absolute atomic E-state index is 0.112. The molecule has 4 aliphatic rings. The Morgan fingerprint density at radius 2 is 1.72 bits per heavy atom. The Hall–Kier alpha value is -2.45. The van der Waals surface area contributed by atoms with Gasteiger partial charge in [0.2, 0.25) is 21.8 Å². The van der Waals surface area contributed by atoms with Gasteiger partial charge < -0.3 is 24.7 Å². The van der Waals surface area contributed by atoms with Crippen LogP contribution in [0.3, 0.4) is 0 Å². The van der Waals surface area contributed by atoms with Crippen LogP contribution < -0.4 is 15.4 Å². The molecule has 2 aliphatic carbocycles. The third-order valence-corrected chi connectivity index (χ3v) is 16.2. The molecule has 4 rings (SSSR count). The van der Waals surface area contributed by atoms with Gasteiger partial charge in [-0.1, -0.05) is 45.8 Å². The second kappa shape index (κ2) is 13.2. The molecule has 0 aromatic heterocycles. The van der Waals surface area contributed by atoms with Crippen LogP contribution in [0.2, 0.25) is 18.1 Å². The van der Waals surface area contributed by atoms with Gasteiger partial charge in [0.1, 0.15) is 23.2 Å². The Bertz CT molecular complexity index is 1330. The van der Waals surface area contributed by atoms with E-state index in [1.807, 2.05) is 12.2 Å². The topological polar surface area (TPSA) is 160 Å². The Morgan fingerprint density at radius 1 is 1.04 bits per heavy atom. The zero-order chi connectivity index (χ0) is 34.3. The van der Waals surface area contributed by atoms with Crippen molar-refractivity contribution in [3.05, 3.63) is 12.2 Å². The highest BCUT2D eigenvalue weighted by atomic mass is 32.2. The normalized spacial score (nSPS) is 30.6. The maximum absolute atomic E-state index is 14.3. The van der Waals surface area contributed by atoms with Crippen molar-refractivity contribution in [2.45, 2.75) is 152 Å². The van der Waals surface area contributed by atoms with E-state index in [0.29, 0.717) is 25.7 Å². The van der Waals surface area contributed by atoms with Gasteiger partial charge in [-0.15, -0.1) is 0 Å². The maximum atomic E-state index is 14.3. The van der Waals surface area contributed by atoms with Crippen molar-refractivity contribution in [3.63, 3.8) is 0 Å². The van der Waals surface area contributed by atoms with Crippen molar-refractivity contribution in [1.29, 1.82) is 0 Å². The van der Waals surface area contributed by atoms with Crippen LogP contribution >= 0.6 is 0 Å². The largest absolute Gasteiger partial charge is 0.444 e. The zero-order valence-corrected chi connectivity index (χ0v) is 30.6. The van der Waals surface area contributed by atoms with Crippen molar-refractivity contribution in [2.24, 2.45) is 5.92 Å². The molecule has 2 heterocycles. The zero-order valence-electron chi connectivity index (χ0n) is 28.7. The predicted octanol–water partition coefficient (Wildman–Crippen LogP) is 3.87. The number of sulfonamides is 1. The summed E-state index contributed by atoms with van der Waals surface area (Å²) in [6.07, 6.45) is 7.56. The molecule has 2 aliphatic heterocycles. The number of ether oxygens (including phenoxy) is 1. The van der Waals surface area contributed by atoms with Crippen LogP contribution in [0.4, 0.5) is 4.79 Å². The number of hydrogen-bond donors (Lipinski definition) is 3. The van der Waals surface area contributed by atoms with Gasteiger partial charge in [0, 0.05) is 18.9 Å². The van der Waals surface area contributed by atoms with E-state index in [1.165, 1.54) is 4.90 Å². The third-order valence-electron chi connectivity index (χ3n) is 9.80. The molecule has 0 bridgehead atoms. The van der Waals surface area contributed by atoms with Crippen LogP contribution in [0.25, 0.3) is 0 Å². The Balaban J connectivity index is 1.65. The van der Waals surface area contributed by atoms with Gasteiger partial charge in [-0.25, -0.2) is 13.2 Å². The minimum atomic E-state index is -3.84. The summed E-state index contributed by atoms with van der Waals surface area (Å²) >= 11 is 0. The number of carbonyl (C=O) groups is 4. The van der Waals surface area contributed by atoms with Crippen LogP contribution in [0.1, 0.15) is 99.3 Å². The monoisotopic (exact) mass is 682 g/mol. The molecule has 4 amide bonds. The summed E-state index contributed by atoms with van der Waals surface area (Å²) in [5, 5.41) is 4.95. The maximum Gasteiger partial charge on any atom is 0.408 e. The van der Waals surface area contributed by atoms with Crippen LogP contribution in [0.5, 0.6) is 0 Å². The summed E-state index contributed by atoms with van der Waals surface area (Å²) in [6.45, 7) is 16.0. The molecule has 46 heavy (non-hydrogen) atoms. The summed E-state index contributed by atoms with van der Waals surface area (Å²) in [7, 11) is -6.14. The lowest BCUT2D eigenvalue weighted by atomic mass is 10.0. The van der Waals surface area contributed by atoms with Gasteiger partial charge in [-0.05, 0) is 77.4 Å². The SMILES string of the molecule is CC(C)(C)OC(=O)N[C@H]1CCCCC/C=C\C2C[C@@]2(C(=O)NS(=O)(=O)C2CC2)NC(=O)[C@@H]2C[C@@H](O[Si](C)(C)C(C)(C)C)CN2C1=O. The lowest BCUT2D eigenvalue weighted by Gasteiger charge is -2.38. The summed E-state index contributed by atoms with van der Waals surface area (Å²) < 4.78 is 39.8. The molecule has 14 heteroatoms. The lowest BCUT2D eigenvalue weighted by molar-refractivity contribution is -0.141. The fourth-order valence-corrected chi connectivity index (χ4v) is 8.61. The summed E-state index contributed by atoms with van der Waals surface area (Å²) in [6, 6.07) is -1.91. The Morgan fingerprint density at radius 3 is 2.33 bits per heavy atom. The van der Waals surface area contributed by atoms with Gasteiger partial charge >= 0.3 is 6.09 Å². The first kappa shape index (κ1) is 36.4. The number of amides is 4. The minimum Gasteiger partial charge on any atom is -0.444 e. The predicted molar refractivity (Wildman–Crippen MR) is 177 cm³/mol. The van der Waals surface area contributed by atoms with E-state index in [-0.39, 0.29) is 30.3 Å². The molecular formula is C32H54N4O8SSi. The molecule has 0 aromatic rings. The number of fused-ring (bicyclic) bond motifs is 2. The molecular weight excluding hydrogens is 629 g/mol. The van der Waals surface area contributed by atoms with Gasteiger partial charge in [0.15, 0.2) is 8.32 Å². The third kappa shape index (κ3) is 8.71. The second-order valence-electron chi connectivity index (χ2n) is 16.0. The van der Waals surface area contributed by atoms with Crippen LogP contribution in [0, 0.1) is 5.92 Å². The molecule has 1 saturated heterocycles. The molecule has 0 aromatic carbocycles. The van der Waals surface area contributed by atoms with E-state index in [4.69, 9.17) is 9.16 Å². The number of carbonyl (C=O) groups excluding carboxylic acids is 4.